The fourth-order valence-corrected chi connectivity index (χ4v) is 2.29. The summed E-state index contributed by atoms with van der Waals surface area (Å²) in [5, 5.41) is 3.53. The molecule has 2 aromatic carbocycles. The Balaban J connectivity index is 2.01. The lowest BCUT2D eigenvalue weighted by molar-refractivity contribution is 0.271. The lowest BCUT2D eigenvalue weighted by atomic mass is 10.1. The summed E-state index contributed by atoms with van der Waals surface area (Å²) >= 11 is 0. The first-order valence-electron chi connectivity index (χ1n) is 7.58. The Morgan fingerprint density at radius 3 is 2.33 bits per heavy atom. The van der Waals surface area contributed by atoms with Crippen LogP contribution in [0.2, 0.25) is 0 Å². The van der Waals surface area contributed by atoms with E-state index in [0.717, 1.165) is 18.9 Å². The maximum absolute atomic E-state index is 5.78. The Bertz CT molecular complexity index is 570. The Morgan fingerprint density at radius 1 is 1.00 bits per heavy atom. The van der Waals surface area contributed by atoms with Gasteiger partial charge in [0.2, 0.25) is 0 Å². The molecule has 0 atom stereocenters. The van der Waals surface area contributed by atoms with Gasteiger partial charge < -0.3 is 10.1 Å². The summed E-state index contributed by atoms with van der Waals surface area (Å²) in [7, 11) is 0. The molecule has 2 aromatic rings. The van der Waals surface area contributed by atoms with Crippen molar-refractivity contribution < 1.29 is 4.74 Å². The van der Waals surface area contributed by atoms with E-state index in [2.05, 4.69) is 69.4 Å². The van der Waals surface area contributed by atoms with Crippen LogP contribution in [0.4, 0.5) is 5.69 Å². The molecule has 0 unspecified atom stereocenters. The van der Waals surface area contributed by atoms with Crippen molar-refractivity contribution in [1.29, 1.82) is 0 Å². The molecule has 0 aliphatic rings. The smallest absolute Gasteiger partial charge is 0.119 e. The molecule has 0 aliphatic heterocycles. The van der Waals surface area contributed by atoms with Gasteiger partial charge in [0, 0.05) is 12.2 Å². The van der Waals surface area contributed by atoms with Crippen LogP contribution in [0.1, 0.15) is 30.5 Å². The zero-order valence-corrected chi connectivity index (χ0v) is 13.4. The molecule has 2 heteroatoms. The summed E-state index contributed by atoms with van der Waals surface area (Å²) in [5.74, 6) is 1.49. The normalized spacial score (nSPS) is 10.7. The summed E-state index contributed by atoms with van der Waals surface area (Å²) in [4.78, 5) is 0. The highest BCUT2D eigenvalue weighted by Gasteiger charge is 2.03. The zero-order chi connectivity index (χ0) is 15.2. The first kappa shape index (κ1) is 15.4. The van der Waals surface area contributed by atoms with Crippen LogP contribution in [0, 0.1) is 19.8 Å². The van der Waals surface area contributed by atoms with Crippen molar-refractivity contribution >= 4 is 5.69 Å². The average molecular weight is 283 g/mol. The molecule has 21 heavy (non-hydrogen) atoms. The molecule has 0 saturated carbocycles. The van der Waals surface area contributed by atoms with E-state index in [1.165, 1.54) is 22.4 Å². The van der Waals surface area contributed by atoms with Crippen molar-refractivity contribution in [2.45, 2.75) is 34.2 Å². The predicted octanol–water partition coefficient (Wildman–Crippen LogP) is 4.95. The van der Waals surface area contributed by atoms with E-state index in [-0.39, 0.29) is 0 Å². The molecule has 2 rings (SSSR count). The monoisotopic (exact) mass is 283 g/mol. The molecule has 2 nitrogen and oxygen atoms in total. The van der Waals surface area contributed by atoms with Crippen LogP contribution in [0.5, 0.6) is 5.75 Å². The Kier molecular flexibility index (Phi) is 5.26. The number of hydrogen-bond acceptors (Lipinski definition) is 2. The van der Waals surface area contributed by atoms with Gasteiger partial charge in [0.25, 0.3) is 0 Å². The lowest BCUT2D eigenvalue weighted by Gasteiger charge is -2.14. The maximum atomic E-state index is 5.78. The van der Waals surface area contributed by atoms with Gasteiger partial charge in [-0.2, -0.15) is 0 Å². The zero-order valence-electron chi connectivity index (χ0n) is 13.4. The fraction of sp³-hybridized carbons (Fsp3) is 0.368. The topological polar surface area (TPSA) is 21.3 Å². The average Bonchev–Trinajstić information content (AvgIpc) is 2.45. The second-order valence-electron chi connectivity index (χ2n) is 5.97. The number of aryl methyl sites for hydroxylation is 2. The minimum absolute atomic E-state index is 0.543. The molecule has 0 bridgehead atoms. The van der Waals surface area contributed by atoms with Crippen LogP contribution in [0.3, 0.4) is 0 Å². The number of hydrogen-bond donors (Lipinski definition) is 1. The van der Waals surface area contributed by atoms with Crippen molar-refractivity contribution in [2.75, 3.05) is 11.9 Å². The molecule has 1 N–H and O–H groups in total. The summed E-state index contributed by atoms with van der Waals surface area (Å²) in [6.45, 7) is 10.2. The van der Waals surface area contributed by atoms with Gasteiger partial charge in [-0.3, -0.25) is 0 Å². The lowest BCUT2D eigenvalue weighted by Crippen LogP contribution is -2.06. The first-order chi connectivity index (χ1) is 10.1. The molecule has 0 aliphatic carbocycles. The Hall–Kier alpha value is -1.96. The summed E-state index contributed by atoms with van der Waals surface area (Å²) in [6, 6.07) is 14.7. The van der Waals surface area contributed by atoms with Crippen molar-refractivity contribution in [3.63, 3.8) is 0 Å². The maximum Gasteiger partial charge on any atom is 0.119 e. The van der Waals surface area contributed by atoms with Gasteiger partial charge in [-0.15, -0.1) is 0 Å². The highest BCUT2D eigenvalue weighted by Crippen LogP contribution is 2.21. The van der Waals surface area contributed by atoms with Crippen LogP contribution in [-0.2, 0) is 6.54 Å². The SMILES string of the molecule is Cc1cccc(C)c1NCc1cccc(OCC(C)C)c1. The van der Waals surface area contributed by atoms with Crippen molar-refractivity contribution in [2.24, 2.45) is 5.92 Å². The van der Waals surface area contributed by atoms with E-state index in [4.69, 9.17) is 4.74 Å². The van der Waals surface area contributed by atoms with E-state index < -0.39 is 0 Å². The first-order valence-corrected chi connectivity index (χ1v) is 7.58. The largest absolute Gasteiger partial charge is 0.493 e. The molecular formula is C19H25NO. The van der Waals surface area contributed by atoms with Crippen LogP contribution >= 0.6 is 0 Å². The third-order valence-corrected chi connectivity index (χ3v) is 3.43. The van der Waals surface area contributed by atoms with E-state index >= 15 is 0 Å². The van der Waals surface area contributed by atoms with Gasteiger partial charge in [-0.1, -0.05) is 44.2 Å². The van der Waals surface area contributed by atoms with E-state index in [1.807, 2.05) is 6.07 Å². The number of benzene rings is 2. The van der Waals surface area contributed by atoms with Crippen LogP contribution < -0.4 is 10.1 Å². The third kappa shape index (κ3) is 4.52. The molecule has 0 spiro atoms. The fourth-order valence-electron chi connectivity index (χ4n) is 2.29. The van der Waals surface area contributed by atoms with Gasteiger partial charge in [-0.05, 0) is 48.6 Å². The summed E-state index contributed by atoms with van der Waals surface area (Å²) in [5.41, 5.74) is 5.02. The van der Waals surface area contributed by atoms with Crippen molar-refractivity contribution in [1.82, 2.24) is 0 Å². The van der Waals surface area contributed by atoms with Crippen LogP contribution in [0.25, 0.3) is 0 Å². The number of ether oxygens (including phenoxy) is 1. The molecular weight excluding hydrogens is 258 g/mol. The molecule has 0 radical (unpaired) electrons. The minimum atomic E-state index is 0.543. The second kappa shape index (κ2) is 7.16. The molecule has 0 aromatic heterocycles. The van der Waals surface area contributed by atoms with Crippen molar-refractivity contribution in [3.8, 4) is 5.75 Å². The molecule has 0 fully saturated rings. The number of anilines is 1. The standard InChI is InChI=1S/C19H25NO/c1-14(2)13-21-18-10-6-9-17(11-18)12-20-19-15(3)7-5-8-16(19)4/h5-11,14,20H,12-13H2,1-4H3. The van der Waals surface area contributed by atoms with Gasteiger partial charge in [0.15, 0.2) is 0 Å². The highest BCUT2D eigenvalue weighted by molar-refractivity contribution is 5.56. The predicted molar refractivity (Wildman–Crippen MR) is 90.0 cm³/mol. The highest BCUT2D eigenvalue weighted by atomic mass is 16.5. The van der Waals surface area contributed by atoms with Gasteiger partial charge in [-0.25, -0.2) is 0 Å². The number of nitrogens with one attached hydrogen (secondary N) is 1. The molecule has 0 amide bonds. The molecule has 112 valence electrons. The third-order valence-electron chi connectivity index (χ3n) is 3.43. The van der Waals surface area contributed by atoms with Gasteiger partial charge in [0.05, 0.1) is 6.61 Å². The van der Waals surface area contributed by atoms with Crippen LogP contribution in [0.15, 0.2) is 42.5 Å². The Labute approximate surface area is 128 Å². The van der Waals surface area contributed by atoms with Gasteiger partial charge >= 0.3 is 0 Å². The second-order valence-corrected chi connectivity index (χ2v) is 5.97. The molecule has 0 saturated heterocycles. The van der Waals surface area contributed by atoms with E-state index in [9.17, 15) is 0 Å². The van der Waals surface area contributed by atoms with Gasteiger partial charge in [0.1, 0.15) is 5.75 Å². The summed E-state index contributed by atoms with van der Waals surface area (Å²) < 4.78 is 5.78. The van der Waals surface area contributed by atoms with E-state index in [0.29, 0.717) is 5.92 Å². The van der Waals surface area contributed by atoms with E-state index in [1.54, 1.807) is 0 Å². The number of para-hydroxylation sites is 1. The Morgan fingerprint density at radius 2 is 1.67 bits per heavy atom. The van der Waals surface area contributed by atoms with Crippen LogP contribution in [-0.4, -0.2) is 6.61 Å². The quantitative estimate of drug-likeness (QED) is 0.810. The minimum Gasteiger partial charge on any atom is -0.493 e. The number of rotatable bonds is 6. The van der Waals surface area contributed by atoms with Crippen molar-refractivity contribution in [3.05, 3.63) is 59.2 Å². The molecule has 0 heterocycles. The summed E-state index contributed by atoms with van der Waals surface area (Å²) in [6.07, 6.45) is 0.